The SMILES string of the molecule is CC(c1ccccc1-n1cccn1)N1CC(S(=O)(=O)F)CC1=O. The lowest BCUT2D eigenvalue weighted by Crippen LogP contribution is -2.30. The Morgan fingerprint density at radius 2 is 2.04 bits per heavy atom. The van der Waals surface area contributed by atoms with Gasteiger partial charge in [-0.15, -0.1) is 3.89 Å². The molecule has 2 heterocycles. The zero-order valence-electron chi connectivity index (χ0n) is 12.5. The molecule has 0 bridgehead atoms. The van der Waals surface area contributed by atoms with E-state index >= 15 is 0 Å². The van der Waals surface area contributed by atoms with Gasteiger partial charge in [0.05, 0.1) is 11.7 Å². The quantitative estimate of drug-likeness (QED) is 0.798. The molecule has 8 heteroatoms. The Kier molecular flexibility index (Phi) is 3.93. The first-order valence-electron chi connectivity index (χ1n) is 7.20. The highest BCUT2D eigenvalue weighted by atomic mass is 32.3. The molecule has 0 spiro atoms. The van der Waals surface area contributed by atoms with E-state index < -0.39 is 15.5 Å². The van der Waals surface area contributed by atoms with Crippen molar-refractivity contribution in [2.75, 3.05) is 6.54 Å². The topological polar surface area (TPSA) is 72.3 Å². The molecule has 3 rings (SSSR count). The molecule has 1 amide bonds. The molecule has 122 valence electrons. The van der Waals surface area contributed by atoms with Crippen molar-refractivity contribution in [3.8, 4) is 5.69 Å². The fourth-order valence-corrected chi connectivity index (χ4v) is 3.57. The van der Waals surface area contributed by atoms with Gasteiger partial charge in [-0.3, -0.25) is 4.79 Å². The molecule has 2 unspecified atom stereocenters. The summed E-state index contributed by atoms with van der Waals surface area (Å²) in [6, 6.07) is 8.81. The third kappa shape index (κ3) is 2.98. The first-order valence-corrected chi connectivity index (χ1v) is 8.64. The lowest BCUT2D eigenvalue weighted by Gasteiger charge is -2.26. The molecule has 0 aliphatic carbocycles. The van der Waals surface area contributed by atoms with Gasteiger partial charge in [0.15, 0.2) is 0 Å². The number of benzene rings is 1. The summed E-state index contributed by atoms with van der Waals surface area (Å²) in [5.41, 5.74) is 1.62. The number of nitrogens with zero attached hydrogens (tertiary/aromatic N) is 3. The molecule has 0 saturated carbocycles. The smallest absolute Gasteiger partial charge is 0.307 e. The van der Waals surface area contributed by atoms with Crippen molar-refractivity contribution in [3.63, 3.8) is 0 Å². The van der Waals surface area contributed by atoms with E-state index in [0.717, 1.165) is 11.3 Å². The summed E-state index contributed by atoms with van der Waals surface area (Å²) in [5, 5.41) is 2.90. The van der Waals surface area contributed by atoms with Crippen molar-refractivity contribution in [2.24, 2.45) is 0 Å². The van der Waals surface area contributed by atoms with Gasteiger partial charge in [-0.1, -0.05) is 18.2 Å². The van der Waals surface area contributed by atoms with Crippen LogP contribution in [-0.2, 0) is 15.0 Å². The van der Waals surface area contributed by atoms with Crippen LogP contribution in [0.4, 0.5) is 3.89 Å². The number of amides is 1. The van der Waals surface area contributed by atoms with Crippen LogP contribution in [0.3, 0.4) is 0 Å². The maximum atomic E-state index is 13.2. The van der Waals surface area contributed by atoms with Gasteiger partial charge in [0.2, 0.25) is 5.91 Å². The van der Waals surface area contributed by atoms with E-state index in [4.69, 9.17) is 0 Å². The monoisotopic (exact) mass is 337 g/mol. The number of hydrogen-bond donors (Lipinski definition) is 0. The second-order valence-electron chi connectivity index (χ2n) is 5.53. The summed E-state index contributed by atoms with van der Waals surface area (Å²) in [5.74, 6) is -0.362. The van der Waals surface area contributed by atoms with Crippen molar-refractivity contribution >= 4 is 16.1 Å². The van der Waals surface area contributed by atoms with E-state index in [1.807, 2.05) is 24.3 Å². The Hall–Kier alpha value is -2.22. The van der Waals surface area contributed by atoms with Crippen LogP contribution in [0.5, 0.6) is 0 Å². The number of rotatable bonds is 4. The van der Waals surface area contributed by atoms with Crippen LogP contribution in [0.2, 0.25) is 0 Å². The molecular formula is C15H16FN3O3S. The fourth-order valence-electron chi connectivity index (χ4n) is 2.89. The maximum Gasteiger partial charge on any atom is 0.307 e. The summed E-state index contributed by atoms with van der Waals surface area (Å²) in [7, 11) is -4.72. The van der Waals surface area contributed by atoms with Crippen LogP contribution in [0.1, 0.15) is 24.9 Å². The number of para-hydroxylation sites is 1. The highest BCUT2D eigenvalue weighted by molar-refractivity contribution is 7.87. The molecule has 2 aromatic rings. The largest absolute Gasteiger partial charge is 0.334 e. The second-order valence-corrected chi connectivity index (χ2v) is 7.15. The van der Waals surface area contributed by atoms with Gasteiger partial charge in [0.25, 0.3) is 0 Å². The summed E-state index contributed by atoms with van der Waals surface area (Å²) in [6.45, 7) is 1.67. The van der Waals surface area contributed by atoms with Crippen LogP contribution >= 0.6 is 0 Å². The lowest BCUT2D eigenvalue weighted by atomic mass is 10.0. The molecule has 1 fully saturated rings. The van der Waals surface area contributed by atoms with E-state index in [2.05, 4.69) is 5.10 Å². The Bertz CT molecular complexity index is 820. The first-order chi connectivity index (χ1) is 10.9. The molecule has 0 radical (unpaired) electrons. The maximum absolute atomic E-state index is 13.2. The van der Waals surface area contributed by atoms with Crippen molar-refractivity contribution < 1.29 is 17.1 Å². The normalized spacial score (nSPS) is 20.0. The third-order valence-corrected chi connectivity index (χ3v) is 5.24. The van der Waals surface area contributed by atoms with Crippen LogP contribution in [0, 0.1) is 0 Å². The van der Waals surface area contributed by atoms with Gasteiger partial charge in [0.1, 0.15) is 5.25 Å². The zero-order valence-corrected chi connectivity index (χ0v) is 13.3. The van der Waals surface area contributed by atoms with Crippen molar-refractivity contribution in [3.05, 3.63) is 48.3 Å². The molecular weight excluding hydrogens is 321 g/mol. The van der Waals surface area contributed by atoms with Gasteiger partial charge < -0.3 is 4.90 Å². The van der Waals surface area contributed by atoms with Crippen LogP contribution < -0.4 is 0 Å². The third-order valence-electron chi connectivity index (χ3n) is 4.13. The van der Waals surface area contributed by atoms with Gasteiger partial charge in [-0.05, 0) is 19.1 Å². The van der Waals surface area contributed by atoms with E-state index in [-0.39, 0.29) is 24.9 Å². The van der Waals surface area contributed by atoms with Crippen molar-refractivity contribution in [1.29, 1.82) is 0 Å². The minimum Gasteiger partial charge on any atom is -0.334 e. The molecule has 1 saturated heterocycles. The average Bonchev–Trinajstić information content (AvgIpc) is 3.15. The Morgan fingerprint density at radius 1 is 1.30 bits per heavy atom. The minimum atomic E-state index is -4.72. The number of halogens is 1. The van der Waals surface area contributed by atoms with Crippen molar-refractivity contribution in [1.82, 2.24) is 14.7 Å². The Morgan fingerprint density at radius 3 is 2.65 bits per heavy atom. The predicted octanol–water partition coefficient (Wildman–Crippen LogP) is 1.83. The van der Waals surface area contributed by atoms with E-state index in [0.29, 0.717) is 0 Å². The van der Waals surface area contributed by atoms with Crippen molar-refractivity contribution in [2.45, 2.75) is 24.6 Å². The van der Waals surface area contributed by atoms with E-state index in [1.54, 1.807) is 30.1 Å². The highest BCUT2D eigenvalue weighted by Gasteiger charge is 2.40. The standard InChI is InChI=1S/C15H16FN3O3S/c1-11(18-10-12(9-15(18)20)23(16,21)22)13-5-2-3-6-14(13)19-8-4-7-17-19/h2-8,11-12H,9-10H2,1H3. The molecule has 2 atom stereocenters. The number of hydrogen-bond acceptors (Lipinski definition) is 4. The Labute approximate surface area is 133 Å². The highest BCUT2D eigenvalue weighted by Crippen LogP contribution is 2.31. The summed E-state index contributed by atoms with van der Waals surface area (Å²) >= 11 is 0. The van der Waals surface area contributed by atoms with Gasteiger partial charge >= 0.3 is 10.2 Å². The number of carbonyl (C=O) groups excluding carboxylic acids is 1. The summed E-state index contributed by atoms with van der Waals surface area (Å²) in [6.07, 6.45) is 3.12. The molecule has 6 nitrogen and oxygen atoms in total. The van der Waals surface area contributed by atoms with E-state index in [9.17, 15) is 17.1 Å². The summed E-state index contributed by atoms with van der Waals surface area (Å²) < 4.78 is 37.0. The molecule has 1 aromatic carbocycles. The fraction of sp³-hybridized carbons (Fsp3) is 0.333. The van der Waals surface area contributed by atoms with Gasteiger partial charge in [0, 0.05) is 30.9 Å². The molecule has 23 heavy (non-hydrogen) atoms. The minimum absolute atomic E-state index is 0.133. The van der Waals surface area contributed by atoms with Gasteiger partial charge in [-0.25, -0.2) is 4.68 Å². The summed E-state index contributed by atoms with van der Waals surface area (Å²) in [4.78, 5) is 13.5. The molecule has 1 aliphatic rings. The lowest BCUT2D eigenvalue weighted by molar-refractivity contribution is -0.129. The Balaban J connectivity index is 1.93. The average molecular weight is 337 g/mol. The van der Waals surface area contributed by atoms with Gasteiger partial charge in [-0.2, -0.15) is 13.5 Å². The number of carbonyl (C=O) groups is 1. The predicted molar refractivity (Wildman–Crippen MR) is 82.1 cm³/mol. The first kappa shape index (κ1) is 15.7. The number of likely N-dealkylation sites (tertiary alicyclic amines) is 1. The zero-order chi connectivity index (χ0) is 16.6. The van der Waals surface area contributed by atoms with Crippen LogP contribution in [-0.4, -0.2) is 40.8 Å². The molecule has 0 N–H and O–H groups in total. The van der Waals surface area contributed by atoms with Crippen LogP contribution in [0.25, 0.3) is 5.69 Å². The molecule has 1 aliphatic heterocycles. The number of aromatic nitrogens is 2. The second kappa shape index (κ2) is 5.77. The van der Waals surface area contributed by atoms with E-state index in [1.165, 1.54) is 4.90 Å². The molecule has 1 aromatic heterocycles. The van der Waals surface area contributed by atoms with Crippen LogP contribution in [0.15, 0.2) is 42.7 Å².